The SMILES string of the molecule is CCCCC(CC)COC(=O)CC(C(=O)OCC(CC)CCCC)S(=O)(=O)[O-].OCC(CO)(CO)CO.[Na+]. The van der Waals surface area contributed by atoms with Gasteiger partial charge in [-0.2, -0.15) is 0 Å². The Morgan fingerprint density at radius 1 is 0.789 bits per heavy atom. The molecule has 38 heavy (non-hydrogen) atoms. The van der Waals surface area contributed by atoms with E-state index in [0.717, 1.165) is 51.4 Å². The molecule has 0 aromatic heterocycles. The van der Waals surface area contributed by atoms with Crippen molar-refractivity contribution in [3.63, 3.8) is 0 Å². The normalized spacial score (nSPS) is 13.8. The summed E-state index contributed by atoms with van der Waals surface area (Å²) in [5.74, 6) is -1.74. The number of carbonyl (C=O) groups is 2. The fraction of sp³-hybridized carbons (Fsp3) is 0.920. The maximum atomic E-state index is 12.1. The number of aliphatic hydroxyl groups is 4. The van der Waals surface area contributed by atoms with Crippen LogP contribution in [0.1, 0.15) is 85.5 Å². The average Bonchev–Trinajstić information content (AvgIpc) is 2.88. The molecule has 0 aromatic rings. The van der Waals surface area contributed by atoms with Crippen molar-refractivity contribution in [1.82, 2.24) is 0 Å². The molecule has 0 saturated heterocycles. The molecule has 0 fully saturated rings. The first-order valence-corrected chi connectivity index (χ1v) is 14.6. The molecule has 13 heteroatoms. The number of rotatable bonds is 20. The van der Waals surface area contributed by atoms with Crippen LogP contribution < -0.4 is 29.6 Å². The molecule has 0 amide bonds. The van der Waals surface area contributed by atoms with Crippen LogP contribution in [-0.2, 0) is 29.2 Å². The van der Waals surface area contributed by atoms with Crippen LogP contribution in [0.15, 0.2) is 0 Å². The molecule has 0 spiro atoms. The number of carbonyl (C=O) groups excluding carboxylic acids is 2. The molecule has 4 N–H and O–H groups in total. The van der Waals surface area contributed by atoms with Gasteiger partial charge in [-0.1, -0.05) is 66.2 Å². The van der Waals surface area contributed by atoms with Crippen molar-refractivity contribution in [1.29, 1.82) is 0 Å². The Morgan fingerprint density at radius 3 is 1.47 bits per heavy atom. The Morgan fingerprint density at radius 2 is 1.18 bits per heavy atom. The Labute approximate surface area is 250 Å². The molecule has 3 unspecified atom stereocenters. The Hall–Kier alpha value is -0.310. The molecule has 0 aliphatic heterocycles. The molecular formula is C25H49NaO11S. The number of hydrogen-bond acceptors (Lipinski definition) is 11. The molecular weight excluding hydrogens is 531 g/mol. The van der Waals surface area contributed by atoms with Gasteiger partial charge in [-0.3, -0.25) is 9.59 Å². The number of aliphatic hydroxyl groups excluding tert-OH is 4. The van der Waals surface area contributed by atoms with Crippen molar-refractivity contribution in [2.75, 3.05) is 39.6 Å². The van der Waals surface area contributed by atoms with Gasteiger partial charge in [0.1, 0.15) is 10.1 Å². The van der Waals surface area contributed by atoms with Gasteiger partial charge in [0, 0.05) is 0 Å². The first kappa shape index (κ1) is 42.2. The second-order valence-electron chi connectivity index (χ2n) is 9.46. The Balaban J connectivity index is -0.00000104. The van der Waals surface area contributed by atoms with E-state index < -0.39 is 65.6 Å². The molecule has 0 rings (SSSR count). The summed E-state index contributed by atoms with van der Waals surface area (Å²) in [5.41, 5.74) is -1.11. The van der Waals surface area contributed by atoms with Crippen molar-refractivity contribution in [3.05, 3.63) is 0 Å². The van der Waals surface area contributed by atoms with E-state index in [1.165, 1.54) is 0 Å². The van der Waals surface area contributed by atoms with Gasteiger partial charge in [0.2, 0.25) is 0 Å². The van der Waals surface area contributed by atoms with Crippen molar-refractivity contribution in [2.45, 2.75) is 90.7 Å². The minimum atomic E-state index is -5.01. The summed E-state index contributed by atoms with van der Waals surface area (Å²) in [6.07, 6.45) is 6.58. The van der Waals surface area contributed by atoms with E-state index in [1.54, 1.807) is 0 Å². The second kappa shape index (κ2) is 24.5. The van der Waals surface area contributed by atoms with Crippen molar-refractivity contribution in [2.24, 2.45) is 17.3 Å². The molecule has 0 aliphatic carbocycles. The molecule has 0 aliphatic rings. The van der Waals surface area contributed by atoms with Crippen LogP contribution in [0.2, 0.25) is 0 Å². The molecule has 0 radical (unpaired) electrons. The minimum absolute atomic E-state index is 0. The zero-order chi connectivity index (χ0) is 28.9. The van der Waals surface area contributed by atoms with E-state index in [4.69, 9.17) is 29.9 Å². The maximum absolute atomic E-state index is 12.1. The molecule has 0 bridgehead atoms. The topological polar surface area (TPSA) is 191 Å². The molecule has 0 heterocycles. The smallest absolute Gasteiger partial charge is 0.747 e. The molecule has 11 nitrogen and oxygen atoms in total. The van der Waals surface area contributed by atoms with Crippen LogP contribution in [0.25, 0.3) is 0 Å². The number of unbranched alkanes of at least 4 members (excludes halogenated alkanes) is 2. The van der Waals surface area contributed by atoms with Gasteiger partial charge in [-0.25, -0.2) is 8.42 Å². The summed E-state index contributed by atoms with van der Waals surface area (Å²) in [6.45, 7) is 6.64. The van der Waals surface area contributed by atoms with Crippen molar-refractivity contribution in [3.8, 4) is 0 Å². The predicted molar refractivity (Wildman–Crippen MR) is 137 cm³/mol. The van der Waals surface area contributed by atoms with Gasteiger partial charge >= 0.3 is 41.5 Å². The van der Waals surface area contributed by atoms with E-state index in [9.17, 15) is 22.6 Å². The summed E-state index contributed by atoms with van der Waals surface area (Å²) < 4.78 is 44.6. The fourth-order valence-corrected chi connectivity index (χ4v) is 3.76. The van der Waals surface area contributed by atoms with Gasteiger partial charge in [-0.15, -0.1) is 0 Å². The van der Waals surface area contributed by atoms with Gasteiger partial charge in [-0.05, 0) is 24.7 Å². The predicted octanol–water partition coefficient (Wildman–Crippen LogP) is -1.24. The first-order chi connectivity index (χ1) is 17.4. The molecule has 0 aromatic carbocycles. The summed E-state index contributed by atoms with van der Waals surface area (Å²) in [5, 5.41) is 31.9. The Kier molecular flexibility index (Phi) is 27.2. The van der Waals surface area contributed by atoms with Gasteiger partial charge in [0.25, 0.3) is 0 Å². The third kappa shape index (κ3) is 18.9. The van der Waals surface area contributed by atoms with E-state index >= 15 is 0 Å². The van der Waals surface area contributed by atoms with E-state index in [0.29, 0.717) is 0 Å². The molecule has 3 atom stereocenters. The first-order valence-electron chi connectivity index (χ1n) is 13.1. The fourth-order valence-electron chi connectivity index (χ4n) is 3.11. The number of hydrogen-bond donors (Lipinski definition) is 4. The Bertz CT molecular complexity index is 682. The minimum Gasteiger partial charge on any atom is -0.747 e. The van der Waals surface area contributed by atoms with Crippen LogP contribution >= 0.6 is 0 Å². The number of esters is 2. The zero-order valence-electron chi connectivity index (χ0n) is 23.9. The zero-order valence-corrected chi connectivity index (χ0v) is 26.7. The number of ether oxygens (including phenoxy) is 2. The van der Waals surface area contributed by atoms with Crippen LogP contribution in [0.4, 0.5) is 0 Å². The third-order valence-corrected chi connectivity index (χ3v) is 7.39. The van der Waals surface area contributed by atoms with E-state index in [-0.39, 0.29) is 54.6 Å². The van der Waals surface area contributed by atoms with Gasteiger partial charge in [0.15, 0.2) is 5.25 Å². The average molecular weight is 581 g/mol. The second-order valence-corrected chi connectivity index (χ2v) is 11.0. The third-order valence-electron chi connectivity index (χ3n) is 6.33. The summed E-state index contributed by atoms with van der Waals surface area (Å²) in [6, 6.07) is 0. The van der Waals surface area contributed by atoms with E-state index in [2.05, 4.69) is 13.8 Å². The standard InChI is InChI=1S/C20H38O7S.C5H12O4.Na/c1-5-9-11-16(7-3)14-26-19(21)13-18(28(23,24)25)20(22)27-15-17(8-4)12-10-6-2;6-1-5(2-7,3-8)4-9;/h16-18H,5-15H2,1-4H3,(H,23,24,25);6-9H,1-4H2;/q;;+1/p-1. The van der Waals surface area contributed by atoms with Crippen molar-refractivity contribution < 1.29 is 82.0 Å². The molecule has 0 saturated carbocycles. The van der Waals surface area contributed by atoms with Crippen LogP contribution in [0.3, 0.4) is 0 Å². The van der Waals surface area contributed by atoms with Crippen LogP contribution in [-0.4, -0.2) is 90.2 Å². The van der Waals surface area contributed by atoms with E-state index in [1.807, 2.05) is 13.8 Å². The largest absolute Gasteiger partial charge is 1.00 e. The summed E-state index contributed by atoms with van der Waals surface area (Å²) in [4.78, 5) is 24.1. The summed E-state index contributed by atoms with van der Waals surface area (Å²) >= 11 is 0. The summed E-state index contributed by atoms with van der Waals surface area (Å²) in [7, 11) is -5.01. The van der Waals surface area contributed by atoms with Crippen LogP contribution in [0, 0.1) is 17.3 Å². The van der Waals surface area contributed by atoms with Crippen molar-refractivity contribution >= 4 is 22.1 Å². The van der Waals surface area contributed by atoms with Gasteiger partial charge < -0.3 is 34.5 Å². The quantitative estimate of drug-likeness (QED) is 0.0765. The molecule has 222 valence electrons. The van der Waals surface area contributed by atoms with Crippen LogP contribution in [0.5, 0.6) is 0 Å². The monoisotopic (exact) mass is 580 g/mol. The maximum Gasteiger partial charge on any atom is 1.00 e. The van der Waals surface area contributed by atoms with Gasteiger partial charge in [0.05, 0.1) is 51.5 Å².